The highest BCUT2D eigenvalue weighted by Gasteiger charge is 2.60. The Morgan fingerprint density at radius 2 is 1.71 bits per heavy atom. The van der Waals surface area contributed by atoms with Crippen LogP contribution in [0.3, 0.4) is 0 Å². The molecule has 5 rings (SSSR count). The molecule has 0 unspecified atom stereocenters. The Morgan fingerprint density at radius 3 is 2.25 bits per heavy atom. The highest BCUT2D eigenvalue weighted by molar-refractivity contribution is 6.24. The summed E-state index contributed by atoms with van der Waals surface area (Å²) in [5.74, 6) is 3.21. The number of methoxy groups -OCH3 is 3. The zero-order valence-electron chi connectivity index (χ0n) is 17.2. The van der Waals surface area contributed by atoms with Crippen LogP contribution in [0.1, 0.15) is 44.1 Å². The van der Waals surface area contributed by atoms with E-state index in [2.05, 4.69) is 0 Å². The van der Waals surface area contributed by atoms with Gasteiger partial charge in [-0.3, -0.25) is 4.79 Å². The molecule has 4 fully saturated rings. The summed E-state index contributed by atoms with van der Waals surface area (Å²) in [5.41, 5.74) is 0.617. The van der Waals surface area contributed by atoms with E-state index in [1.807, 2.05) is 24.1 Å². The number of benzene rings is 1. The molecule has 5 nitrogen and oxygen atoms in total. The predicted molar refractivity (Wildman–Crippen MR) is 108 cm³/mol. The lowest BCUT2D eigenvalue weighted by molar-refractivity contribution is -0.155. The highest BCUT2D eigenvalue weighted by Crippen LogP contribution is 2.64. The second-order valence-electron chi connectivity index (χ2n) is 9.05. The molecule has 0 aromatic heterocycles. The first kappa shape index (κ1) is 19.7. The van der Waals surface area contributed by atoms with Crippen molar-refractivity contribution in [3.05, 3.63) is 17.7 Å². The summed E-state index contributed by atoms with van der Waals surface area (Å²) in [6.45, 7) is 0.467. The number of halogens is 1. The lowest BCUT2D eigenvalue weighted by atomic mass is 9.49. The van der Waals surface area contributed by atoms with Crippen LogP contribution in [0.5, 0.6) is 17.2 Å². The third-order valence-electron chi connectivity index (χ3n) is 6.98. The Labute approximate surface area is 172 Å². The van der Waals surface area contributed by atoms with Crippen LogP contribution in [0.2, 0.25) is 0 Å². The summed E-state index contributed by atoms with van der Waals surface area (Å²) in [5, 5.41) is 0. The van der Waals surface area contributed by atoms with Gasteiger partial charge in [-0.2, -0.15) is 0 Å². The number of ether oxygens (including phenoxy) is 3. The van der Waals surface area contributed by atoms with Crippen LogP contribution in [0.4, 0.5) is 0 Å². The van der Waals surface area contributed by atoms with Crippen molar-refractivity contribution in [1.29, 1.82) is 0 Å². The molecule has 0 radical (unpaired) electrons. The maximum Gasteiger partial charge on any atom is 0.228 e. The van der Waals surface area contributed by atoms with Crippen LogP contribution < -0.4 is 14.2 Å². The van der Waals surface area contributed by atoms with Crippen molar-refractivity contribution in [2.75, 3.05) is 28.4 Å². The molecule has 4 aliphatic rings. The molecular weight excluding hydrogens is 378 g/mol. The quantitative estimate of drug-likeness (QED) is 0.661. The minimum Gasteiger partial charge on any atom is -0.493 e. The van der Waals surface area contributed by atoms with Gasteiger partial charge in [0.2, 0.25) is 11.7 Å². The van der Waals surface area contributed by atoms with Gasteiger partial charge in [-0.15, -0.1) is 11.6 Å². The van der Waals surface area contributed by atoms with Gasteiger partial charge in [0.1, 0.15) is 0 Å². The molecule has 0 aliphatic heterocycles. The van der Waals surface area contributed by atoms with Gasteiger partial charge in [0, 0.05) is 24.0 Å². The van der Waals surface area contributed by atoms with E-state index < -0.39 is 0 Å². The number of rotatable bonds is 6. The zero-order valence-corrected chi connectivity index (χ0v) is 18.0. The van der Waals surface area contributed by atoms with Gasteiger partial charge < -0.3 is 19.1 Å². The zero-order chi connectivity index (χ0) is 20.1. The molecule has 154 valence electrons. The number of hydrogen-bond donors (Lipinski definition) is 0. The second kappa shape index (κ2) is 7.01. The number of amides is 1. The van der Waals surface area contributed by atoms with Crippen LogP contribution in [0.25, 0.3) is 0 Å². The van der Waals surface area contributed by atoms with Crippen molar-refractivity contribution in [3.63, 3.8) is 0 Å². The molecule has 4 bridgehead atoms. The first-order chi connectivity index (χ1) is 13.3. The van der Waals surface area contributed by atoms with Gasteiger partial charge in [-0.1, -0.05) is 0 Å². The Kier molecular flexibility index (Phi) is 4.93. The van der Waals surface area contributed by atoms with Gasteiger partial charge in [-0.05, 0) is 62.5 Å². The number of alkyl halides is 1. The third kappa shape index (κ3) is 3.12. The Balaban J connectivity index is 1.58. The van der Waals surface area contributed by atoms with Crippen LogP contribution in [0, 0.1) is 17.3 Å². The minimum absolute atomic E-state index is 0.165. The summed E-state index contributed by atoms with van der Waals surface area (Å²) in [6.07, 6.45) is 6.20. The monoisotopic (exact) mass is 407 g/mol. The number of carbonyl (C=O) groups is 1. The van der Waals surface area contributed by atoms with E-state index in [9.17, 15) is 4.79 Å². The third-order valence-corrected chi connectivity index (χ3v) is 7.43. The summed E-state index contributed by atoms with van der Waals surface area (Å²) in [4.78, 5) is 15.3. The lowest BCUT2D eigenvalue weighted by Crippen LogP contribution is -2.58. The van der Waals surface area contributed by atoms with E-state index in [0.717, 1.165) is 37.7 Å². The van der Waals surface area contributed by atoms with Gasteiger partial charge >= 0.3 is 0 Å². The first-order valence-electron chi connectivity index (χ1n) is 10.1. The molecule has 1 amide bonds. The van der Waals surface area contributed by atoms with Gasteiger partial charge in [0.25, 0.3) is 0 Å². The van der Waals surface area contributed by atoms with Crippen LogP contribution in [0.15, 0.2) is 12.1 Å². The molecule has 1 aromatic rings. The van der Waals surface area contributed by atoms with E-state index in [-0.39, 0.29) is 16.2 Å². The van der Waals surface area contributed by atoms with Gasteiger partial charge in [-0.25, -0.2) is 0 Å². The summed E-state index contributed by atoms with van der Waals surface area (Å²) in [7, 11) is 6.69. The molecule has 4 aliphatic carbocycles. The fourth-order valence-corrected chi connectivity index (χ4v) is 7.11. The molecular formula is C22H30ClNO4. The first-order valence-corrected chi connectivity index (χ1v) is 10.4. The van der Waals surface area contributed by atoms with Crippen molar-refractivity contribution in [3.8, 4) is 17.2 Å². The topological polar surface area (TPSA) is 48.0 Å². The lowest BCUT2D eigenvalue weighted by Gasteiger charge is -2.59. The van der Waals surface area contributed by atoms with Crippen molar-refractivity contribution < 1.29 is 19.0 Å². The Hall–Kier alpha value is -1.62. The van der Waals surface area contributed by atoms with Crippen molar-refractivity contribution in [2.45, 2.75) is 49.9 Å². The van der Waals surface area contributed by atoms with E-state index in [4.69, 9.17) is 25.8 Å². The maximum absolute atomic E-state index is 13.6. The van der Waals surface area contributed by atoms with Crippen LogP contribution >= 0.6 is 11.6 Å². The molecule has 0 spiro atoms. The largest absolute Gasteiger partial charge is 0.493 e. The number of hydrogen-bond acceptors (Lipinski definition) is 4. The average Bonchev–Trinajstić information content (AvgIpc) is 2.64. The van der Waals surface area contributed by atoms with E-state index in [0.29, 0.717) is 35.6 Å². The number of nitrogens with zero attached hydrogens (tertiary/aromatic N) is 1. The van der Waals surface area contributed by atoms with Gasteiger partial charge in [0.05, 0.1) is 26.7 Å². The van der Waals surface area contributed by atoms with E-state index >= 15 is 0 Å². The molecule has 0 heterocycles. The molecule has 1 aromatic carbocycles. The molecule has 4 saturated carbocycles. The summed E-state index contributed by atoms with van der Waals surface area (Å²) >= 11 is 6.93. The van der Waals surface area contributed by atoms with Crippen LogP contribution in [-0.4, -0.2) is 44.1 Å². The standard InChI is InChI=1S/C22H30ClNO4/c1-24(12-16-5-6-17(26-2)19(28-4)18(16)27-3)20(25)21-8-14-7-15(9-21)11-22(23,10-14)13-21/h5-6,14-15H,7-13H2,1-4H3/t14-,15-,21?,22?/m1/s1. The van der Waals surface area contributed by atoms with Crippen LogP contribution in [-0.2, 0) is 11.3 Å². The molecule has 28 heavy (non-hydrogen) atoms. The molecule has 2 atom stereocenters. The number of carbonyl (C=O) groups excluding carboxylic acids is 1. The predicted octanol–water partition coefficient (Wildman–Crippen LogP) is 4.25. The van der Waals surface area contributed by atoms with Crippen molar-refractivity contribution >= 4 is 17.5 Å². The fourth-order valence-electron chi connectivity index (χ4n) is 6.42. The van der Waals surface area contributed by atoms with Crippen molar-refractivity contribution in [1.82, 2.24) is 4.90 Å². The fraction of sp³-hybridized carbons (Fsp3) is 0.682. The summed E-state index contributed by atoms with van der Waals surface area (Å²) in [6, 6.07) is 3.79. The maximum atomic E-state index is 13.6. The van der Waals surface area contributed by atoms with E-state index in [1.165, 1.54) is 6.42 Å². The SMILES string of the molecule is COc1ccc(CN(C)C(=O)C23C[C@H]4C[C@@H](CC(Cl)(C4)C2)C3)c(OC)c1OC. The Bertz CT molecular complexity index is 766. The molecule has 0 N–H and O–H groups in total. The summed E-state index contributed by atoms with van der Waals surface area (Å²) < 4.78 is 16.4. The smallest absolute Gasteiger partial charge is 0.228 e. The molecule has 6 heteroatoms. The Morgan fingerprint density at radius 1 is 1.07 bits per heavy atom. The normalized spacial score (nSPS) is 32.9. The van der Waals surface area contributed by atoms with E-state index in [1.54, 1.807) is 21.3 Å². The highest BCUT2D eigenvalue weighted by atomic mass is 35.5. The van der Waals surface area contributed by atoms with Gasteiger partial charge in [0.15, 0.2) is 11.5 Å². The molecule has 0 saturated heterocycles. The minimum atomic E-state index is -0.287. The second-order valence-corrected chi connectivity index (χ2v) is 9.85. The van der Waals surface area contributed by atoms with Crippen molar-refractivity contribution in [2.24, 2.45) is 17.3 Å². The average molecular weight is 408 g/mol.